The van der Waals surface area contributed by atoms with E-state index in [0.717, 1.165) is 35.6 Å². The zero-order valence-electron chi connectivity index (χ0n) is 22.4. The highest BCUT2D eigenvalue weighted by atomic mass is 19.4. The molecule has 0 aliphatic carbocycles. The van der Waals surface area contributed by atoms with E-state index in [0.29, 0.717) is 0 Å². The van der Waals surface area contributed by atoms with Crippen molar-refractivity contribution < 1.29 is 30.8 Å². The van der Waals surface area contributed by atoms with Gasteiger partial charge in [-0.1, -0.05) is 0 Å². The normalized spacial score (nSPS) is 14.8. The first-order chi connectivity index (χ1) is 19.1. The number of fused-ring (bicyclic) bond motifs is 1. The number of halogens is 5. The van der Waals surface area contributed by atoms with E-state index in [1.807, 2.05) is 0 Å². The number of alkyl halides is 4. The summed E-state index contributed by atoms with van der Waals surface area (Å²) in [5.41, 5.74) is -4.46. The lowest BCUT2D eigenvalue weighted by molar-refractivity contribution is -0.138. The van der Waals surface area contributed by atoms with Crippen LogP contribution >= 0.6 is 0 Å². The number of nitrogens with one attached hydrogen (secondary N) is 2. The fourth-order valence-electron chi connectivity index (χ4n) is 3.77. The zero-order chi connectivity index (χ0) is 30.1. The van der Waals surface area contributed by atoms with E-state index in [1.54, 1.807) is 5.10 Å². The van der Waals surface area contributed by atoms with Crippen molar-refractivity contribution in [3.8, 4) is 17.1 Å². The van der Waals surface area contributed by atoms with Crippen LogP contribution < -0.4 is 21.2 Å². The first-order valence-corrected chi connectivity index (χ1v) is 10.9. The van der Waals surface area contributed by atoms with Crippen LogP contribution in [0.5, 0.6) is 5.75 Å². The van der Waals surface area contributed by atoms with Gasteiger partial charge in [0.25, 0.3) is 11.1 Å². The molecule has 3 aromatic heterocycles. The standard InChI is InChI=1S/C23H20F5N7O3/c1-11(33-18-8-32-34-21(36)19(18)23(26,27)28)3-12(24)9-35-10-31-17-5-14(16(25)4-15(17)22(35)37)20-29-6-13(38-2)7-30-20/h4-8,10-12H,3,9H2,1-2H3,(H2,33,34,36)/t11-,12-/m0/s1/i2D3. The SMILES string of the molecule is [2H]C([2H])([2H])Oc1cnc(-c2cc3ncn(C[C@@H](F)C[C@H](C)Nc4cn[nH]c(=O)c4C(F)(F)F)c(=O)c3cc2F)nc1. The van der Waals surface area contributed by atoms with Crippen molar-refractivity contribution in [3.05, 3.63) is 69.1 Å². The number of hydrogen-bond donors (Lipinski definition) is 2. The molecule has 0 unspecified atom stereocenters. The number of aromatic nitrogens is 6. The smallest absolute Gasteiger partial charge is 0.423 e. The largest absolute Gasteiger partial charge is 0.494 e. The molecule has 0 spiro atoms. The highest BCUT2D eigenvalue weighted by Gasteiger charge is 2.37. The highest BCUT2D eigenvalue weighted by molar-refractivity contribution is 5.82. The molecule has 4 aromatic rings. The van der Waals surface area contributed by atoms with E-state index < -0.39 is 60.2 Å². The van der Waals surface area contributed by atoms with Gasteiger partial charge in [0.2, 0.25) is 0 Å². The Kier molecular flexibility index (Phi) is 6.29. The van der Waals surface area contributed by atoms with Crippen LogP contribution in [-0.4, -0.2) is 49.0 Å². The number of nitrogens with zero attached hydrogens (tertiary/aromatic N) is 5. The highest BCUT2D eigenvalue weighted by Crippen LogP contribution is 2.32. The van der Waals surface area contributed by atoms with Crippen LogP contribution in [-0.2, 0) is 12.7 Å². The van der Waals surface area contributed by atoms with Gasteiger partial charge in [-0.3, -0.25) is 14.2 Å². The lowest BCUT2D eigenvalue weighted by Gasteiger charge is -2.20. The number of H-pyrrole nitrogens is 1. The van der Waals surface area contributed by atoms with Gasteiger partial charge in [-0.2, -0.15) is 18.3 Å². The molecule has 2 atom stereocenters. The van der Waals surface area contributed by atoms with Gasteiger partial charge in [-0.25, -0.2) is 28.8 Å². The average Bonchev–Trinajstić information content (AvgIpc) is 2.84. The first kappa shape index (κ1) is 22.7. The van der Waals surface area contributed by atoms with Gasteiger partial charge in [0.1, 0.15) is 17.6 Å². The molecule has 3 heterocycles. The van der Waals surface area contributed by atoms with Crippen molar-refractivity contribution in [2.75, 3.05) is 12.4 Å². The second-order valence-corrected chi connectivity index (χ2v) is 8.26. The minimum absolute atomic E-state index is 0.0426. The number of rotatable bonds is 8. The molecule has 0 saturated carbocycles. The number of ether oxygens (including phenoxy) is 1. The molecular weight excluding hydrogens is 517 g/mol. The predicted molar refractivity (Wildman–Crippen MR) is 126 cm³/mol. The molecule has 10 nitrogen and oxygen atoms in total. The summed E-state index contributed by atoms with van der Waals surface area (Å²) in [6, 6.07) is 1.17. The van der Waals surface area contributed by atoms with E-state index in [4.69, 9.17) is 4.11 Å². The molecular formula is C23H20F5N7O3. The van der Waals surface area contributed by atoms with Crippen LogP contribution in [0.25, 0.3) is 22.3 Å². The molecule has 0 aliphatic rings. The molecule has 0 saturated heterocycles. The quantitative estimate of drug-likeness (QED) is 0.326. The van der Waals surface area contributed by atoms with Gasteiger partial charge in [0.15, 0.2) is 11.6 Å². The van der Waals surface area contributed by atoms with Gasteiger partial charge in [0, 0.05) is 12.5 Å². The number of methoxy groups -OCH3 is 1. The molecule has 38 heavy (non-hydrogen) atoms. The average molecular weight is 540 g/mol. The van der Waals surface area contributed by atoms with Gasteiger partial charge < -0.3 is 10.1 Å². The van der Waals surface area contributed by atoms with Crippen molar-refractivity contribution in [1.29, 1.82) is 0 Å². The molecule has 0 radical (unpaired) electrons. The van der Waals surface area contributed by atoms with Gasteiger partial charge in [0.05, 0.1) is 64.8 Å². The Morgan fingerprint density at radius 3 is 2.61 bits per heavy atom. The lowest BCUT2D eigenvalue weighted by atomic mass is 10.1. The second kappa shape index (κ2) is 10.5. The van der Waals surface area contributed by atoms with Crippen molar-refractivity contribution in [3.63, 3.8) is 0 Å². The number of aromatic amines is 1. The third-order valence-electron chi connectivity index (χ3n) is 5.45. The Morgan fingerprint density at radius 1 is 1.18 bits per heavy atom. The maximum Gasteiger partial charge on any atom is 0.423 e. The number of benzene rings is 1. The van der Waals surface area contributed by atoms with Crippen molar-refractivity contribution in [2.24, 2.45) is 0 Å². The molecule has 1 aromatic carbocycles. The van der Waals surface area contributed by atoms with Crippen molar-refractivity contribution in [2.45, 2.75) is 38.3 Å². The predicted octanol–water partition coefficient (Wildman–Crippen LogP) is 3.33. The maximum atomic E-state index is 14.9. The van der Waals surface area contributed by atoms with E-state index in [9.17, 15) is 31.5 Å². The summed E-state index contributed by atoms with van der Waals surface area (Å²) < 4.78 is 96.3. The summed E-state index contributed by atoms with van der Waals surface area (Å²) in [5.74, 6) is -1.21. The van der Waals surface area contributed by atoms with Crippen LogP contribution in [0.4, 0.5) is 27.6 Å². The Hall–Kier alpha value is -4.43. The summed E-state index contributed by atoms with van der Waals surface area (Å²) in [6.45, 7) is 0.848. The Labute approximate surface area is 214 Å². The van der Waals surface area contributed by atoms with E-state index in [2.05, 4.69) is 30.1 Å². The summed E-state index contributed by atoms with van der Waals surface area (Å²) in [4.78, 5) is 36.4. The van der Waals surface area contributed by atoms with Crippen LogP contribution in [0, 0.1) is 5.82 Å². The molecule has 2 N–H and O–H groups in total. The molecule has 15 heteroatoms. The summed E-state index contributed by atoms with van der Waals surface area (Å²) in [5, 5.41) is 7.27. The third kappa shape index (κ3) is 5.60. The summed E-state index contributed by atoms with van der Waals surface area (Å²) >= 11 is 0. The second-order valence-electron chi connectivity index (χ2n) is 8.26. The van der Waals surface area contributed by atoms with Crippen LogP contribution in [0.2, 0.25) is 0 Å². The van der Waals surface area contributed by atoms with Gasteiger partial charge >= 0.3 is 6.18 Å². The third-order valence-corrected chi connectivity index (χ3v) is 5.45. The van der Waals surface area contributed by atoms with Crippen LogP contribution in [0.1, 0.15) is 23.0 Å². The number of hydrogen-bond acceptors (Lipinski definition) is 8. The molecule has 0 fully saturated rings. The Bertz CT molecular complexity index is 1680. The molecule has 200 valence electrons. The minimum Gasteiger partial charge on any atom is -0.494 e. The topological polar surface area (TPSA) is 128 Å². The van der Waals surface area contributed by atoms with Gasteiger partial charge in [-0.05, 0) is 19.1 Å². The fraction of sp³-hybridized carbons (Fsp3) is 0.304. The van der Waals surface area contributed by atoms with Crippen molar-refractivity contribution >= 4 is 16.6 Å². The van der Waals surface area contributed by atoms with Crippen molar-refractivity contribution in [1.82, 2.24) is 29.7 Å². The molecule has 0 aliphatic heterocycles. The number of anilines is 1. The zero-order valence-corrected chi connectivity index (χ0v) is 19.4. The Balaban J connectivity index is 1.50. The molecule has 4 rings (SSSR count). The monoisotopic (exact) mass is 540 g/mol. The first-order valence-electron chi connectivity index (χ1n) is 12.4. The molecule has 0 amide bonds. The maximum absolute atomic E-state index is 14.9. The van der Waals surface area contributed by atoms with Gasteiger partial charge in [-0.15, -0.1) is 0 Å². The molecule has 0 bridgehead atoms. The van der Waals surface area contributed by atoms with E-state index in [1.165, 1.54) is 13.0 Å². The van der Waals surface area contributed by atoms with Crippen LogP contribution in [0.3, 0.4) is 0 Å². The van der Waals surface area contributed by atoms with E-state index >= 15 is 0 Å². The van der Waals surface area contributed by atoms with Crippen LogP contribution in [0.15, 0.2) is 46.6 Å². The summed E-state index contributed by atoms with van der Waals surface area (Å²) in [6.07, 6.45) is -3.20. The van der Waals surface area contributed by atoms with E-state index in [-0.39, 0.29) is 34.5 Å². The minimum atomic E-state index is -4.98. The lowest BCUT2D eigenvalue weighted by Crippen LogP contribution is -2.30. The summed E-state index contributed by atoms with van der Waals surface area (Å²) in [7, 11) is -2.73. The Morgan fingerprint density at radius 2 is 1.92 bits per heavy atom. The fourth-order valence-corrected chi connectivity index (χ4v) is 3.77.